The fraction of sp³-hybridized carbons (Fsp3) is 0.429. The summed E-state index contributed by atoms with van der Waals surface area (Å²) in [6, 6.07) is 13.4. The van der Waals surface area contributed by atoms with Crippen molar-refractivity contribution in [2.75, 3.05) is 50.1 Å². The fourth-order valence-corrected chi connectivity index (χ4v) is 3.15. The maximum Gasteiger partial charge on any atom is 0.422 e. The molecule has 28 heavy (non-hydrogen) atoms. The molecule has 1 aliphatic heterocycles. The van der Waals surface area contributed by atoms with E-state index in [4.69, 9.17) is 4.74 Å². The third-order valence-corrected chi connectivity index (χ3v) is 4.81. The maximum atomic E-state index is 12.5. The lowest BCUT2D eigenvalue weighted by atomic mass is 10.1. The molecule has 1 fully saturated rings. The van der Waals surface area contributed by atoms with Crippen LogP contribution in [-0.4, -0.2) is 50.9 Å². The predicted octanol–water partition coefficient (Wildman–Crippen LogP) is 4.30. The van der Waals surface area contributed by atoms with E-state index in [0.29, 0.717) is 12.2 Å². The quantitative estimate of drug-likeness (QED) is 0.792. The lowest BCUT2D eigenvalue weighted by molar-refractivity contribution is -0.153. The molecule has 1 aliphatic rings. The first kappa shape index (κ1) is 20.3. The van der Waals surface area contributed by atoms with Gasteiger partial charge in [0, 0.05) is 38.4 Å². The van der Waals surface area contributed by atoms with Gasteiger partial charge in [0.05, 0.1) is 5.69 Å². The topological polar surface area (TPSA) is 27.7 Å². The van der Waals surface area contributed by atoms with E-state index in [2.05, 4.69) is 34.3 Å². The molecule has 0 saturated carbocycles. The molecule has 0 aromatic heterocycles. The Morgan fingerprint density at radius 1 is 1.00 bits per heavy atom. The van der Waals surface area contributed by atoms with Gasteiger partial charge in [-0.15, -0.1) is 0 Å². The minimum atomic E-state index is -4.36. The summed E-state index contributed by atoms with van der Waals surface area (Å²) in [6.07, 6.45) is -4.36. The van der Waals surface area contributed by atoms with Crippen LogP contribution < -0.4 is 15.0 Å². The number of halogens is 3. The van der Waals surface area contributed by atoms with E-state index in [1.165, 1.54) is 5.69 Å². The normalized spacial score (nSPS) is 15.5. The van der Waals surface area contributed by atoms with E-state index in [-0.39, 0.29) is 5.75 Å². The zero-order chi connectivity index (χ0) is 20.1. The van der Waals surface area contributed by atoms with Gasteiger partial charge in [-0.25, -0.2) is 0 Å². The van der Waals surface area contributed by atoms with Gasteiger partial charge < -0.3 is 19.9 Å². The van der Waals surface area contributed by atoms with Crippen LogP contribution in [0.5, 0.6) is 5.75 Å². The molecule has 152 valence electrons. The van der Waals surface area contributed by atoms with Gasteiger partial charge in [0.1, 0.15) is 5.75 Å². The van der Waals surface area contributed by atoms with E-state index in [9.17, 15) is 13.2 Å². The standard InChI is InChI=1S/C21H26F3N3O/c1-16-3-8-20(28-15-21(22,23)24)19(13-16)25-14-17-4-6-18(7-5-17)27-11-9-26(2)10-12-27/h3-8,13,25H,9-12,14-15H2,1-2H3. The highest BCUT2D eigenvalue weighted by molar-refractivity contribution is 5.58. The molecule has 4 nitrogen and oxygen atoms in total. The molecule has 1 heterocycles. The molecule has 7 heteroatoms. The minimum absolute atomic E-state index is 0.206. The number of hydrogen-bond donors (Lipinski definition) is 1. The molecule has 1 N–H and O–H groups in total. The predicted molar refractivity (Wildman–Crippen MR) is 106 cm³/mol. The van der Waals surface area contributed by atoms with Crippen LogP contribution in [0, 0.1) is 6.92 Å². The molecule has 0 atom stereocenters. The first-order chi connectivity index (χ1) is 13.3. The molecule has 0 bridgehead atoms. The number of aryl methyl sites for hydroxylation is 1. The molecule has 0 radical (unpaired) electrons. The van der Waals surface area contributed by atoms with E-state index < -0.39 is 12.8 Å². The van der Waals surface area contributed by atoms with Crippen molar-refractivity contribution in [2.45, 2.75) is 19.6 Å². The van der Waals surface area contributed by atoms with Crippen LogP contribution in [0.15, 0.2) is 42.5 Å². The summed E-state index contributed by atoms with van der Waals surface area (Å²) in [5.41, 5.74) is 3.77. The van der Waals surface area contributed by atoms with Gasteiger partial charge in [-0.1, -0.05) is 18.2 Å². The molecule has 1 saturated heterocycles. The van der Waals surface area contributed by atoms with Crippen molar-refractivity contribution in [1.82, 2.24) is 4.90 Å². The largest absolute Gasteiger partial charge is 0.482 e. The van der Waals surface area contributed by atoms with Crippen LogP contribution in [0.3, 0.4) is 0 Å². The van der Waals surface area contributed by atoms with E-state index >= 15 is 0 Å². The number of likely N-dealkylation sites (N-methyl/N-ethyl adjacent to an activating group) is 1. The van der Waals surface area contributed by atoms with Crippen LogP contribution in [-0.2, 0) is 6.54 Å². The number of anilines is 2. The molecule has 2 aromatic rings. The summed E-state index contributed by atoms with van der Waals surface area (Å²) in [7, 11) is 2.13. The van der Waals surface area contributed by atoms with Crippen molar-refractivity contribution < 1.29 is 17.9 Å². The van der Waals surface area contributed by atoms with Gasteiger partial charge in [0.2, 0.25) is 0 Å². The van der Waals surface area contributed by atoms with Crippen LogP contribution in [0.1, 0.15) is 11.1 Å². The number of rotatable bonds is 6. The third kappa shape index (κ3) is 5.79. The number of ether oxygens (including phenoxy) is 1. The Kier molecular flexibility index (Phi) is 6.34. The van der Waals surface area contributed by atoms with Crippen molar-refractivity contribution in [1.29, 1.82) is 0 Å². The smallest absolute Gasteiger partial charge is 0.422 e. The Morgan fingerprint density at radius 2 is 1.68 bits per heavy atom. The second-order valence-corrected chi connectivity index (χ2v) is 7.21. The van der Waals surface area contributed by atoms with Crippen molar-refractivity contribution in [3.8, 4) is 5.75 Å². The molecule has 0 aliphatic carbocycles. The number of benzene rings is 2. The SMILES string of the molecule is Cc1ccc(OCC(F)(F)F)c(NCc2ccc(N3CCN(C)CC3)cc2)c1. The highest BCUT2D eigenvalue weighted by Crippen LogP contribution is 2.28. The maximum absolute atomic E-state index is 12.5. The Morgan fingerprint density at radius 3 is 2.32 bits per heavy atom. The minimum Gasteiger partial charge on any atom is -0.482 e. The van der Waals surface area contributed by atoms with Gasteiger partial charge in [-0.3, -0.25) is 0 Å². The second-order valence-electron chi connectivity index (χ2n) is 7.21. The van der Waals surface area contributed by atoms with Crippen molar-refractivity contribution in [3.05, 3.63) is 53.6 Å². The van der Waals surface area contributed by atoms with Gasteiger partial charge >= 0.3 is 6.18 Å². The third-order valence-electron chi connectivity index (χ3n) is 4.81. The van der Waals surface area contributed by atoms with Gasteiger partial charge in [-0.2, -0.15) is 13.2 Å². The number of nitrogens with zero attached hydrogens (tertiary/aromatic N) is 2. The van der Waals surface area contributed by atoms with E-state index in [1.807, 2.05) is 19.1 Å². The van der Waals surface area contributed by atoms with Crippen molar-refractivity contribution in [2.24, 2.45) is 0 Å². The van der Waals surface area contributed by atoms with Crippen molar-refractivity contribution in [3.63, 3.8) is 0 Å². The summed E-state index contributed by atoms with van der Waals surface area (Å²) in [5.74, 6) is 0.206. The highest BCUT2D eigenvalue weighted by atomic mass is 19.4. The molecule has 3 rings (SSSR count). The van der Waals surface area contributed by atoms with Gasteiger partial charge in [0.15, 0.2) is 6.61 Å². The Balaban J connectivity index is 1.61. The van der Waals surface area contributed by atoms with Crippen LogP contribution >= 0.6 is 0 Å². The number of piperazine rings is 1. The van der Waals surface area contributed by atoms with Crippen LogP contribution in [0.25, 0.3) is 0 Å². The summed E-state index contributed by atoms with van der Waals surface area (Å²) in [5, 5.41) is 3.20. The van der Waals surface area contributed by atoms with Gasteiger partial charge in [-0.05, 0) is 49.4 Å². The first-order valence-electron chi connectivity index (χ1n) is 9.37. The monoisotopic (exact) mass is 393 g/mol. The Labute approximate surface area is 163 Å². The summed E-state index contributed by atoms with van der Waals surface area (Å²) in [4.78, 5) is 4.68. The lowest BCUT2D eigenvalue weighted by Crippen LogP contribution is -2.44. The molecule has 2 aromatic carbocycles. The highest BCUT2D eigenvalue weighted by Gasteiger charge is 2.28. The van der Waals surface area contributed by atoms with Crippen molar-refractivity contribution >= 4 is 11.4 Å². The zero-order valence-electron chi connectivity index (χ0n) is 16.2. The van der Waals surface area contributed by atoms with Crippen LogP contribution in [0.2, 0.25) is 0 Å². The molecular formula is C21H26F3N3O. The second kappa shape index (κ2) is 8.73. The average Bonchev–Trinajstić information content (AvgIpc) is 2.66. The molecular weight excluding hydrogens is 367 g/mol. The van der Waals surface area contributed by atoms with E-state index in [0.717, 1.165) is 37.3 Å². The number of nitrogens with one attached hydrogen (secondary N) is 1. The molecule has 0 unspecified atom stereocenters. The Bertz CT molecular complexity index is 769. The average molecular weight is 393 g/mol. The van der Waals surface area contributed by atoms with Crippen LogP contribution in [0.4, 0.5) is 24.5 Å². The van der Waals surface area contributed by atoms with E-state index in [1.54, 1.807) is 18.2 Å². The zero-order valence-corrected chi connectivity index (χ0v) is 16.2. The summed E-state index contributed by atoms with van der Waals surface area (Å²) < 4.78 is 42.3. The summed E-state index contributed by atoms with van der Waals surface area (Å²) >= 11 is 0. The number of hydrogen-bond acceptors (Lipinski definition) is 4. The molecule has 0 spiro atoms. The summed E-state index contributed by atoms with van der Waals surface area (Å²) in [6.45, 7) is 5.23. The Hall–Kier alpha value is -2.41. The van der Waals surface area contributed by atoms with Gasteiger partial charge in [0.25, 0.3) is 0 Å². The number of alkyl halides is 3. The molecule has 0 amide bonds. The first-order valence-corrected chi connectivity index (χ1v) is 9.37. The lowest BCUT2D eigenvalue weighted by Gasteiger charge is -2.34. The fourth-order valence-electron chi connectivity index (χ4n) is 3.15.